The number of aryl methyl sites for hydroxylation is 1. The average molecular weight is 310 g/mol. The molecule has 1 aromatic heterocycles. The van der Waals surface area contributed by atoms with Crippen LogP contribution >= 0.6 is 12.4 Å². The molecule has 1 heterocycles. The quantitative estimate of drug-likeness (QED) is 0.874. The van der Waals surface area contributed by atoms with E-state index in [0.717, 1.165) is 11.3 Å². The number of carbonyl (C=O) groups excluding carboxylic acids is 1. The number of benzene rings is 1. The molecule has 1 amide bonds. The maximum absolute atomic E-state index is 12.1. The van der Waals surface area contributed by atoms with Gasteiger partial charge in [0.05, 0.1) is 5.69 Å². The lowest BCUT2D eigenvalue weighted by atomic mass is 10.1. The van der Waals surface area contributed by atoms with Crippen LogP contribution < -0.4 is 10.6 Å². The number of aromatic nitrogens is 3. The lowest BCUT2D eigenvalue weighted by molar-refractivity contribution is 0.0950. The van der Waals surface area contributed by atoms with Crippen molar-refractivity contribution < 1.29 is 4.79 Å². The summed E-state index contributed by atoms with van der Waals surface area (Å²) in [5, 5.41) is 10.1. The minimum absolute atomic E-state index is 0. The van der Waals surface area contributed by atoms with Gasteiger partial charge in [0, 0.05) is 18.2 Å². The predicted molar refractivity (Wildman–Crippen MR) is 84.2 cm³/mol. The number of rotatable bonds is 5. The van der Waals surface area contributed by atoms with Gasteiger partial charge in [-0.1, -0.05) is 0 Å². The van der Waals surface area contributed by atoms with Crippen molar-refractivity contribution in [2.24, 2.45) is 0 Å². The maximum Gasteiger partial charge on any atom is 0.251 e. The van der Waals surface area contributed by atoms with Crippen molar-refractivity contribution in [2.75, 3.05) is 13.6 Å². The van der Waals surface area contributed by atoms with Gasteiger partial charge >= 0.3 is 0 Å². The number of halogens is 1. The lowest BCUT2D eigenvalue weighted by Gasteiger charge is -2.13. The van der Waals surface area contributed by atoms with Gasteiger partial charge in [-0.2, -0.15) is 5.10 Å². The molecule has 7 heteroatoms. The standard InChI is InChI=1S/C14H19N5O.ClH/c1-10-6-12(19-9-16-8-18-19)4-5-13(10)14(20)17-7-11(2)15-3;/h4-6,8-9,11,15H,7H2,1-3H3,(H,17,20);1H. The number of likely N-dealkylation sites (N-methyl/N-ethyl adjacent to an activating group) is 1. The van der Waals surface area contributed by atoms with E-state index in [4.69, 9.17) is 0 Å². The van der Waals surface area contributed by atoms with Crippen LogP contribution in [0.2, 0.25) is 0 Å². The lowest BCUT2D eigenvalue weighted by Crippen LogP contribution is -2.37. The molecule has 0 spiro atoms. The molecule has 1 atom stereocenters. The molecule has 21 heavy (non-hydrogen) atoms. The molecule has 0 aliphatic rings. The number of carbonyl (C=O) groups is 1. The van der Waals surface area contributed by atoms with Crippen molar-refractivity contribution in [3.8, 4) is 5.69 Å². The molecular weight excluding hydrogens is 290 g/mol. The first-order valence-corrected chi connectivity index (χ1v) is 6.53. The third-order valence-corrected chi connectivity index (χ3v) is 3.20. The van der Waals surface area contributed by atoms with E-state index in [9.17, 15) is 4.79 Å². The van der Waals surface area contributed by atoms with E-state index < -0.39 is 0 Å². The molecule has 114 valence electrons. The van der Waals surface area contributed by atoms with E-state index in [1.54, 1.807) is 11.0 Å². The van der Waals surface area contributed by atoms with Crippen molar-refractivity contribution in [3.63, 3.8) is 0 Å². The fourth-order valence-electron chi connectivity index (χ4n) is 1.83. The summed E-state index contributed by atoms with van der Waals surface area (Å²) in [6.07, 6.45) is 3.11. The average Bonchev–Trinajstić information content (AvgIpc) is 2.98. The topological polar surface area (TPSA) is 71.8 Å². The van der Waals surface area contributed by atoms with Gasteiger partial charge in [-0.05, 0) is 44.7 Å². The summed E-state index contributed by atoms with van der Waals surface area (Å²) >= 11 is 0. The van der Waals surface area contributed by atoms with Crippen LogP contribution in [0, 0.1) is 6.92 Å². The molecule has 2 N–H and O–H groups in total. The highest BCUT2D eigenvalue weighted by Crippen LogP contribution is 2.13. The molecular formula is C14H20ClN5O. The van der Waals surface area contributed by atoms with E-state index in [2.05, 4.69) is 20.7 Å². The highest BCUT2D eigenvalue weighted by Gasteiger charge is 2.10. The van der Waals surface area contributed by atoms with Crippen molar-refractivity contribution in [1.82, 2.24) is 25.4 Å². The van der Waals surface area contributed by atoms with E-state index in [1.807, 2.05) is 39.1 Å². The molecule has 0 bridgehead atoms. The van der Waals surface area contributed by atoms with Gasteiger partial charge in [-0.3, -0.25) is 4.79 Å². The molecule has 1 aromatic carbocycles. The number of amides is 1. The van der Waals surface area contributed by atoms with Crippen molar-refractivity contribution in [3.05, 3.63) is 42.0 Å². The molecule has 6 nitrogen and oxygen atoms in total. The number of nitrogens with zero attached hydrogens (tertiary/aromatic N) is 3. The monoisotopic (exact) mass is 309 g/mol. The van der Waals surface area contributed by atoms with Crippen molar-refractivity contribution in [1.29, 1.82) is 0 Å². The predicted octanol–water partition coefficient (Wildman–Crippen LogP) is 1.34. The highest BCUT2D eigenvalue weighted by molar-refractivity contribution is 5.95. The summed E-state index contributed by atoms with van der Waals surface area (Å²) in [5.41, 5.74) is 2.48. The first-order valence-electron chi connectivity index (χ1n) is 6.53. The van der Waals surface area contributed by atoms with Gasteiger partial charge in [0.15, 0.2) is 0 Å². The number of hydrogen-bond acceptors (Lipinski definition) is 4. The summed E-state index contributed by atoms with van der Waals surface area (Å²) in [6, 6.07) is 5.84. The molecule has 2 rings (SSSR count). The third kappa shape index (κ3) is 4.27. The summed E-state index contributed by atoms with van der Waals surface area (Å²) < 4.78 is 1.66. The van der Waals surface area contributed by atoms with E-state index in [-0.39, 0.29) is 24.4 Å². The highest BCUT2D eigenvalue weighted by atomic mass is 35.5. The number of nitrogens with one attached hydrogen (secondary N) is 2. The van der Waals surface area contributed by atoms with Gasteiger partial charge in [-0.25, -0.2) is 9.67 Å². The third-order valence-electron chi connectivity index (χ3n) is 3.20. The fraction of sp³-hybridized carbons (Fsp3) is 0.357. The minimum atomic E-state index is -0.0604. The van der Waals surface area contributed by atoms with Gasteiger partial charge in [-0.15, -0.1) is 12.4 Å². The Morgan fingerprint density at radius 3 is 2.76 bits per heavy atom. The first kappa shape index (κ1) is 17.1. The van der Waals surface area contributed by atoms with Crippen LogP contribution in [0.25, 0.3) is 5.69 Å². The Bertz CT molecular complexity index is 585. The zero-order valence-electron chi connectivity index (χ0n) is 12.3. The number of hydrogen-bond donors (Lipinski definition) is 2. The van der Waals surface area contributed by atoms with Gasteiger partial charge in [0.25, 0.3) is 5.91 Å². The Labute approximate surface area is 130 Å². The van der Waals surface area contributed by atoms with Gasteiger partial charge < -0.3 is 10.6 Å². The summed E-state index contributed by atoms with van der Waals surface area (Å²) in [7, 11) is 1.87. The molecule has 0 saturated carbocycles. The van der Waals surface area contributed by atoms with Gasteiger partial charge in [0.1, 0.15) is 12.7 Å². The Morgan fingerprint density at radius 1 is 1.43 bits per heavy atom. The summed E-state index contributed by atoms with van der Waals surface area (Å²) in [6.45, 7) is 4.53. The van der Waals surface area contributed by atoms with E-state index >= 15 is 0 Å². The molecule has 0 aliphatic carbocycles. The van der Waals surface area contributed by atoms with Crippen LogP contribution in [-0.4, -0.2) is 40.3 Å². The summed E-state index contributed by atoms with van der Waals surface area (Å²) in [5.74, 6) is -0.0604. The van der Waals surface area contributed by atoms with Crippen LogP contribution in [0.3, 0.4) is 0 Å². The van der Waals surface area contributed by atoms with Crippen molar-refractivity contribution in [2.45, 2.75) is 19.9 Å². The van der Waals surface area contributed by atoms with Crippen LogP contribution in [0.1, 0.15) is 22.8 Å². The largest absolute Gasteiger partial charge is 0.350 e. The van der Waals surface area contributed by atoms with Crippen molar-refractivity contribution >= 4 is 18.3 Å². The zero-order chi connectivity index (χ0) is 14.5. The molecule has 2 aromatic rings. The van der Waals surface area contributed by atoms with E-state index in [0.29, 0.717) is 12.1 Å². The zero-order valence-corrected chi connectivity index (χ0v) is 13.1. The van der Waals surface area contributed by atoms with Crippen LogP contribution in [0.5, 0.6) is 0 Å². The molecule has 0 saturated heterocycles. The Balaban J connectivity index is 0.00000220. The van der Waals surface area contributed by atoms with Crippen LogP contribution in [0.15, 0.2) is 30.9 Å². The SMILES string of the molecule is CNC(C)CNC(=O)c1ccc(-n2cncn2)cc1C.Cl. The second kappa shape index (κ2) is 7.75. The second-order valence-electron chi connectivity index (χ2n) is 4.74. The fourth-order valence-corrected chi connectivity index (χ4v) is 1.83. The van der Waals surface area contributed by atoms with E-state index in [1.165, 1.54) is 6.33 Å². The Morgan fingerprint density at radius 2 is 2.19 bits per heavy atom. The molecule has 0 fully saturated rings. The maximum atomic E-state index is 12.1. The Hall–Kier alpha value is -1.92. The minimum Gasteiger partial charge on any atom is -0.350 e. The summed E-state index contributed by atoms with van der Waals surface area (Å²) in [4.78, 5) is 16.0. The smallest absolute Gasteiger partial charge is 0.251 e. The molecule has 1 unspecified atom stereocenters. The normalized spacial score (nSPS) is 11.6. The van der Waals surface area contributed by atoms with Crippen LogP contribution in [0.4, 0.5) is 0 Å². The Kier molecular flexibility index (Phi) is 6.33. The molecule has 0 radical (unpaired) electrons. The van der Waals surface area contributed by atoms with Gasteiger partial charge in [0.2, 0.25) is 0 Å². The van der Waals surface area contributed by atoms with Crippen LogP contribution in [-0.2, 0) is 0 Å². The second-order valence-corrected chi connectivity index (χ2v) is 4.74. The first-order chi connectivity index (χ1) is 9.61. The molecule has 0 aliphatic heterocycles.